The second kappa shape index (κ2) is 9.71. The van der Waals surface area contributed by atoms with Crippen molar-refractivity contribution in [2.24, 2.45) is 7.05 Å². The summed E-state index contributed by atoms with van der Waals surface area (Å²) in [5, 5.41) is 14.2. The lowest BCUT2D eigenvalue weighted by atomic mass is 10.1. The van der Waals surface area contributed by atoms with Gasteiger partial charge in [0.15, 0.2) is 5.16 Å². The summed E-state index contributed by atoms with van der Waals surface area (Å²) in [7, 11) is 1.82. The number of anilines is 1. The summed E-state index contributed by atoms with van der Waals surface area (Å²) in [5.41, 5.74) is 2.05. The Balaban J connectivity index is 1.58. The molecular weight excluding hydrogens is 454 g/mol. The molecule has 1 heterocycles. The van der Waals surface area contributed by atoms with Gasteiger partial charge in [0.05, 0.1) is 11.8 Å². The zero-order valence-electron chi connectivity index (χ0n) is 15.9. The molecule has 1 atom stereocenters. The van der Waals surface area contributed by atoms with E-state index in [-0.39, 0.29) is 23.6 Å². The number of aromatic nitrogens is 3. The van der Waals surface area contributed by atoms with Crippen LogP contribution >= 0.6 is 27.7 Å². The SMILES string of the molecule is CC(NC(=O)c1cccc(NC(=O)CSc2nncn2C)c1)c1ccc(Br)cc1. The van der Waals surface area contributed by atoms with Gasteiger partial charge in [-0.3, -0.25) is 9.59 Å². The van der Waals surface area contributed by atoms with Crippen LogP contribution in [0.1, 0.15) is 28.9 Å². The first-order chi connectivity index (χ1) is 13.9. The van der Waals surface area contributed by atoms with Crippen LogP contribution in [0.15, 0.2) is 64.5 Å². The Kier molecular flexibility index (Phi) is 7.05. The van der Waals surface area contributed by atoms with Crippen LogP contribution in [-0.2, 0) is 11.8 Å². The predicted molar refractivity (Wildman–Crippen MR) is 117 cm³/mol. The Morgan fingerprint density at radius 3 is 2.66 bits per heavy atom. The van der Waals surface area contributed by atoms with Gasteiger partial charge in [0.2, 0.25) is 5.91 Å². The molecule has 9 heteroatoms. The fraction of sp³-hybridized carbons (Fsp3) is 0.200. The maximum absolute atomic E-state index is 12.6. The maximum atomic E-state index is 12.6. The van der Waals surface area contributed by atoms with Crippen LogP contribution in [0.3, 0.4) is 0 Å². The van der Waals surface area contributed by atoms with E-state index in [1.165, 1.54) is 11.8 Å². The van der Waals surface area contributed by atoms with E-state index in [4.69, 9.17) is 0 Å². The number of halogens is 1. The van der Waals surface area contributed by atoms with Gasteiger partial charge in [0.1, 0.15) is 6.33 Å². The molecule has 3 rings (SSSR count). The van der Waals surface area contributed by atoms with Crippen LogP contribution in [0, 0.1) is 0 Å². The molecule has 0 bridgehead atoms. The summed E-state index contributed by atoms with van der Waals surface area (Å²) in [6.07, 6.45) is 1.58. The summed E-state index contributed by atoms with van der Waals surface area (Å²) < 4.78 is 2.73. The highest BCUT2D eigenvalue weighted by molar-refractivity contribution is 9.10. The van der Waals surface area contributed by atoms with E-state index in [1.807, 2.05) is 38.2 Å². The van der Waals surface area contributed by atoms with E-state index in [1.54, 1.807) is 35.2 Å². The van der Waals surface area contributed by atoms with E-state index in [2.05, 4.69) is 36.8 Å². The fourth-order valence-corrected chi connectivity index (χ4v) is 3.54. The minimum atomic E-state index is -0.204. The fourth-order valence-electron chi connectivity index (χ4n) is 2.58. The summed E-state index contributed by atoms with van der Waals surface area (Å²) in [6.45, 7) is 1.93. The van der Waals surface area contributed by atoms with Crippen LogP contribution < -0.4 is 10.6 Å². The van der Waals surface area contributed by atoms with E-state index >= 15 is 0 Å². The minimum absolute atomic E-state index is 0.142. The Bertz CT molecular complexity index is 1010. The summed E-state index contributed by atoms with van der Waals surface area (Å²) in [5.74, 6) is -0.187. The molecule has 0 aliphatic carbocycles. The number of nitrogens with zero attached hydrogens (tertiary/aromatic N) is 3. The van der Waals surface area contributed by atoms with Gasteiger partial charge in [0, 0.05) is 22.8 Å². The molecule has 150 valence electrons. The summed E-state index contributed by atoms with van der Waals surface area (Å²) in [6, 6.07) is 14.5. The Morgan fingerprint density at radius 1 is 1.21 bits per heavy atom. The average molecular weight is 474 g/mol. The Hall–Kier alpha value is -2.65. The predicted octanol–water partition coefficient (Wildman–Crippen LogP) is 3.80. The van der Waals surface area contributed by atoms with Crippen molar-refractivity contribution in [1.82, 2.24) is 20.1 Å². The van der Waals surface area contributed by atoms with Crippen molar-refractivity contribution in [2.45, 2.75) is 18.1 Å². The largest absolute Gasteiger partial charge is 0.346 e. The smallest absolute Gasteiger partial charge is 0.251 e. The number of hydrogen-bond acceptors (Lipinski definition) is 5. The van der Waals surface area contributed by atoms with Crippen molar-refractivity contribution in [3.05, 3.63) is 70.5 Å². The van der Waals surface area contributed by atoms with E-state index in [0.29, 0.717) is 16.4 Å². The molecule has 2 aromatic carbocycles. The van der Waals surface area contributed by atoms with E-state index in [9.17, 15) is 9.59 Å². The first kappa shape index (κ1) is 21.1. The lowest BCUT2D eigenvalue weighted by Crippen LogP contribution is -2.26. The van der Waals surface area contributed by atoms with Gasteiger partial charge in [-0.25, -0.2) is 0 Å². The maximum Gasteiger partial charge on any atom is 0.251 e. The molecule has 2 N–H and O–H groups in total. The topological polar surface area (TPSA) is 88.9 Å². The second-order valence-corrected chi connectivity index (χ2v) is 8.25. The average Bonchev–Trinajstić information content (AvgIpc) is 3.12. The number of carbonyl (C=O) groups excluding carboxylic acids is 2. The summed E-state index contributed by atoms with van der Waals surface area (Å²) >= 11 is 4.70. The van der Waals surface area contributed by atoms with Crippen LogP contribution in [0.2, 0.25) is 0 Å². The van der Waals surface area contributed by atoms with Crippen molar-refractivity contribution in [1.29, 1.82) is 0 Å². The highest BCUT2D eigenvalue weighted by Crippen LogP contribution is 2.18. The lowest BCUT2D eigenvalue weighted by molar-refractivity contribution is -0.113. The first-order valence-corrected chi connectivity index (χ1v) is 10.6. The molecule has 0 saturated heterocycles. The van der Waals surface area contributed by atoms with Crippen LogP contribution in [0.25, 0.3) is 0 Å². The van der Waals surface area contributed by atoms with Gasteiger partial charge >= 0.3 is 0 Å². The van der Waals surface area contributed by atoms with Gasteiger partial charge in [-0.05, 0) is 42.8 Å². The number of nitrogens with one attached hydrogen (secondary N) is 2. The molecule has 0 aliphatic heterocycles. The van der Waals surface area contributed by atoms with Gasteiger partial charge < -0.3 is 15.2 Å². The summed E-state index contributed by atoms with van der Waals surface area (Å²) in [4.78, 5) is 24.8. The zero-order chi connectivity index (χ0) is 20.8. The molecule has 0 radical (unpaired) electrons. The van der Waals surface area contributed by atoms with E-state index < -0.39 is 0 Å². The highest BCUT2D eigenvalue weighted by atomic mass is 79.9. The number of thioether (sulfide) groups is 1. The molecule has 0 fully saturated rings. The number of amides is 2. The number of rotatable bonds is 7. The Morgan fingerprint density at radius 2 is 1.97 bits per heavy atom. The quantitative estimate of drug-likeness (QED) is 0.509. The number of benzene rings is 2. The first-order valence-electron chi connectivity index (χ1n) is 8.85. The molecule has 7 nitrogen and oxygen atoms in total. The van der Waals surface area contributed by atoms with Crippen molar-refractivity contribution >= 4 is 45.2 Å². The van der Waals surface area contributed by atoms with Crippen molar-refractivity contribution in [3.63, 3.8) is 0 Å². The lowest BCUT2D eigenvalue weighted by Gasteiger charge is -2.15. The molecule has 3 aromatic rings. The third kappa shape index (κ3) is 5.91. The molecule has 0 aliphatic rings. The zero-order valence-corrected chi connectivity index (χ0v) is 18.3. The van der Waals surface area contributed by atoms with Crippen LogP contribution in [0.4, 0.5) is 5.69 Å². The number of aryl methyl sites for hydroxylation is 1. The third-order valence-electron chi connectivity index (χ3n) is 4.13. The van der Waals surface area contributed by atoms with Gasteiger partial charge in [0.25, 0.3) is 5.91 Å². The molecular formula is C20H20BrN5O2S. The van der Waals surface area contributed by atoms with Gasteiger partial charge in [-0.2, -0.15) is 0 Å². The standard InChI is InChI=1S/C20H20BrN5O2S/c1-13(14-6-8-16(21)9-7-14)23-19(28)15-4-3-5-17(10-15)24-18(27)11-29-20-25-22-12-26(20)2/h3-10,12-13H,11H2,1-2H3,(H,23,28)(H,24,27). The monoisotopic (exact) mass is 473 g/mol. The van der Waals surface area contributed by atoms with Crippen molar-refractivity contribution in [3.8, 4) is 0 Å². The number of carbonyl (C=O) groups is 2. The highest BCUT2D eigenvalue weighted by Gasteiger charge is 2.13. The molecule has 1 unspecified atom stereocenters. The minimum Gasteiger partial charge on any atom is -0.346 e. The molecule has 0 spiro atoms. The molecule has 0 saturated carbocycles. The molecule has 29 heavy (non-hydrogen) atoms. The third-order valence-corrected chi connectivity index (χ3v) is 5.69. The van der Waals surface area contributed by atoms with Crippen LogP contribution in [-0.4, -0.2) is 32.3 Å². The molecule has 1 aromatic heterocycles. The van der Waals surface area contributed by atoms with E-state index in [0.717, 1.165) is 10.0 Å². The van der Waals surface area contributed by atoms with Crippen LogP contribution in [0.5, 0.6) is 0 Å². The normalized spacial score (nSPS) is 11.7. The van der Waals surface area contributed by atoms with Gasteiger partial charge in [-0.1, -0.05) is 45.9 Å². The Labute approximate surface area is 181 Å². The van der Waals surface area contributed by atoms with Crippen molar-refractivity contribution < 1.29 is 9.59 Å². The molecule has 2 amide bonds. The van der Waals surface area contributed by atoms with Gasteiger partial charge in [-0.15, -0.1) is 10.2 Å². The second-order valence-electron chi connectivity index (χ2n) is 6.39. The number of hydrogen-bond donors (Lipinski definition) is 2. The van der Waals surface area contributed by atoms with Crippen molar-refractivity contribution in [2.75, 3.05) is 11.1 Å².